The van der Waals surface area contributed by atoms with Crippen molar-refractivity contribution in [1.29, 1.82) is 0 Å². The summed E-state index contributed by atoms with van der Waals surface area (Å²) in [6.07, 6.45) is 0. The maximum atomic E-state index is 12.6. The molecular formula is C17H18N2O4. The fourth-order valence-corrected chi connectivity index (χ4v) is 2.34. The van der Waals surface area contributed by atoms with Gasteiger partial charge in [0.15, 0.2) is 0 Å². The predicted octanol–water partition coefficient (Wildman–Crippen LogP) is 2.00. The van der Waals surface area contributed by atoms with Crippen LogP contribution in [0.25, 0.3) is 0 Å². The Kier molecular flexibility index (Phi) is 4.64. The minimum absolute atomic E-state index is 0.183. The van der Waals surface area contributed by atoms with Gasteiger partial charge in [-0.1, -0.05) is 29.8 Å². The summed E-state index contributed by atoms with van der Waals surface area (Å²) in [6, 6.07) is 10.3. The molecule has 0 saturated carbocycles. The van der Waals surface area contributed by atoms with E-state index in [0.29, 0.717) is 17.1 Å². The molecule has 2 aromatic rings. The van der Waals surface area contributed by atoms with Gasteiger partial charge >= 0.3 is 5.97 Å². The molecule has 1 N–H and O–H groups in total. The van der Waals surface area contributed by atoms with E-state index in [4.69, 9.17) is 5.11 Å². The zero-order chi connectivity index (χ0) is 17.1. The second-order valence-electron chi connectivity index (χ2n) is 5.33. The Labute approximate surface area is 134 Å². The van der Waals surface area contributed by atoms with E-state index in [9.17, 15) is 14.4 Å². The van der Waals surface area contributed by atoms with E-state index in [1.54, 1.807) is 31.3 Å². The summed E-state index contributed by atoms with van der Waals surface area (Å²) in [4.78, 5) is 36.3. The van der Waals surface area contributed by atoms with Crippen LogP contribution < -0.4 is 4.90 Å². The van der Waals surface area contributed by atoms with Crippen LogP contribution in [-0.2, 0) is 16.6 Å². The van der Waals surface area contributed by atoms with E-state index >= 15 is 0 Å². The standard InChI is InChI=1S/C17H18N2O4/c1-11-4-6-13(7-5-11)17(23)14-8-9-15(18(14)3)19(12(2)20)10-16(21)22/h4-9H,10H2,1-3H3,(H,21,22). The highest BCUT2D eigenvalue weighted by atomic mass is 16.4. The van der Waals surface area contributed by atoms with Crippen molar-refractivity contribution < 1.29 is 19.5 Å². The highest BCUT2D eigenvalue weighted by Gasteiger charge is 2.21. The van der Waals surface area contributed by atoms with Crippen molar-refractivity contribution in [3.05, 3.63) is 53.2 Å². The molecule has 0 aliphatic rings. The number of nitrogens with zero attached hydrogens (tertiary/aromatic N) is 2. The molecule has 0 atom stereocenters. The average Bonchev–Trinajstić information content (AvgIpc) is 2.86. The van der Waals surface area contributed by atoms with Gasteiger partial charge in [0.25, 0.3) is 0 Å². The number of amides is 1. The van der Waals surface area contributed by atoms with Crippen LogP contribution in [0.3, 0.4) is 0 Å². The Morgan fingerprint density at radius 1 is 1.09 bits per heavy atom. The minimum Gasteiger partial charge on any atom is -0.480 e. The topological polar surface area (TPSA) is 79.6 Å². The lowest BCUT2D eigenvalue weighted by atomic mass is 10.1. The van der Waals surface area contributed by atoms with E-state index < -0.39 is 18.4 Å². The molecule has 120 valence electrons. The zero-order valence-corrected chi connectivity index (χ0v) is 13.2. The first-order valence-corrected chi connectivity index (χ1v) is 7.08. The van der Waals surface area contributed by atoms with Gasteiger partial charge in [-0.2, -0.15) is 0 Å². The highest BCUT2D eigenvalue weighted by molar-refractivity contribution is 6.09. The number of carboxylic acids is 1. The van der Waals surface area contributed by atoms with E-state index in [2.05, 4.69) is 0 Å². The third kappa shape index (κ3) is 3.48. The molecule has 0 bridgehead atoms. The number of hydrogen-bond acceptors (Lipinski definition) is 3. The van der Waals surface area contributed by atoms with E-state index in [1.807, 2.05) is 19.1 Å². The van der Waals surface area contributed by atoms with Crippen molar-refractivity contribution in [3.8, 4) is 0 Å². The lowest BCUT2D eigenvalue weighted by Crippen LogP contribution is -2.35. The number of ketones is 1. The van der Waals surface area contributed by atoms with Crippen molar-refractivity contribution in [2.75, 3.05) is 11.4 Å². The molecule has 1 aromatic carbocycles. The SMILES string of the molecule is CC(=O)N(CC(=O)O)c1ccc(C(=O)c2ccc(C)cc2)n1C. The fraction of sp³-hybridized carbons (Fsp3) is 0.235. The number of carbonyl (C=O) groups excluding carboxylic acids is 2. The Morgan fingerprint density at radius 2 is 1.70 bits per heavy atom. The number of aromatic nitrogens is 1. The van der Waals surface area contributed by atoms with E-state index in [-0.39, 0.29) is 5.78 Å². The molecule has 0 fully saturated rings. The molecule has 1 heterocycles. The Morgan fingerprint density at radius 3 is 2.22 bits per heavy atom. The molecule has 0 radical (unpaired) electrons. The van der Waals surface area contributed by atoms with Crippen LogP contribution in [0.2, 0.25) is 0 Å². The molecule has 23 heavy (non-hydrogen) atoms. The van der Waals surface area contributed by atoms with Crippen LogP contribution in [0, 0.1) is 6.92 Å². The molecular weight excluding hydrogens is 296 g/mol. The molecule has 1 aromatic heterocycles. The molecule has 0 aliphatic carbocycles. The summed E-state index contributed by atoms with van der Waals surface area (Å²) >= 11 is 0. The van der Waals surface area contributed by atoms with E-state index in [1.165, 1.54) is 11.5 Å². The summed E-state index contributed by atoms with van der Waals surface area (Å²) in [6.45, 7) is 2.77. The Balaban J connectivity index is 2.38. The number of carboxylic acid groups (broad SMARTS) is 1. The number of benzene rings is 1. The number of carbonyl (C=O) groups is 3. The summed E-state index contributed by atoms with van der Waals surface area (Å²) in [5.41, 5.74) is 1.98. The van der Waals surface area contributed by atoms with Crippen LogP contribution in [0.5, 0.6) is 0 Å². The van der Waals surface area contributed by atoms with Crippen LogP contribution in [0.1, 0.15) is 28.5 Å². The molecule has 1 amide bonds. The Bertz CT molecular complexity index is 759. The number of hydrogen-bond donors (Lipinski definition) is 1. The first-order chi connectivity index (χ1) is 10.8. The van der Waals surface area contributed by atoms with Crippen molar-refractivity contribution in [3.63, 3.8) is 0 Å². The van der Waals surface area contributed by atoms with Crippen LogP contribution in [0.15, 0.2) is 36.4 Å². The fourth-order valence-electron chi connectivity index (χ4n) is 2.34. The first kappa shape index (κ1) is 16.5. The predicted molar refractivity (Wildman–Crippen MR) is 85.7 cm³/mol. The van der Waals surface area contributed by atoms with Gasteiger partial charge in [0.2, 0.25) is 11.7 Å². The number of aryl methyl sites for hydroxylation is 1. The van der Waals surface area contributed by atoms with Crippen molar-refractivity contribution in [1.82, 2.24) is 4.57 Å². The molecule has 6 nitrogen and oxygen atoms in total. The van der Waals surface area contributed by atoms with Gasteiger partial charge in [0, 0.05) is 19.5 Å². The van der Waals surface area contributed by atoms with Gasteiger partial charge in [-0.25, -0.2) is 0 Å². The quantitative estimate of drug-likeness (QED) is 0.856. The normalized spacial score (nSPS) is 10.4. The maximum absolute atomic E-state index is 12.6. The van der Waals surface area contributed by atoms with Gasteiger partial charge in [0.05, 0.1) is 5.69 Å². The Hall–Kier alpha value is -2.89. The minimum atomic E-state index is -1.12. The lowest BCUT2D eigenvalue weighted by Gasteiger charge is -2.20. The van der Waals surface area contributed by atoms with Gasteiger partial charge in [0.1, 0.15) is 12.4 Å². The van der Waals surface area contributed by atoms with Crippen LogP contribution in [-0.4, -0.2) is 33.9 Å². The average molecular weight is 314 g/mol. The number of anilines is 1. The second-order valence-corrected chi connectivity index (χ2v) is 5.33. The lowest BCUT2D eigenvalue weighted by molar-refractivity contribution is -0.136. The monoisotopic (exact) mass is 314 g/mol. The summed E-state index contributed by atoms with van der Waals surface area (Å²) in [5.74, 6) is -1.33. The van der Waals surface area contributed by atoms with Crippen molar-refractivity contribution in [2.45, 2.75) is 13.8 Å². The van der Waals surface area contributed by atoms with Gasteiger partial charge in [-0.3, -0.25) is 19.3 Å². The molecule has 0 spiro atoms. The molecule has 0 saturated heterocycles. The molecule has 0 unspecified atom stereocenters. The largest absolute Gasteiger partial charge is 0.480 e. The summed E-state index contributed by atoms with van der Waals surface area (Å²) in [5, 5.41) is 8.93. The van der Waals surface area contributed by atoms with Crippen LogP contribution >= 0.6 is 0 Å². The van der Waals surface area contributed by atoms with Crippen LogP contribution in [0.4, 0.5) is 5.82 Å². The first-order valence-electron chi connectivity index (χ1n) is 7.08. The van der Waals surface area contributed by atoms with E-state index in [0.717, 1.165) is 10.5 Å². The molecule has 2 rings (SSSR count). The summed E-state index contributed by atoms with van der Waals surface area (Å²) in [7, 11) is 1.63. The second kappa shape index (κ2) is 6.48. The molecule has 0 aliphatic heterocycles. The maximum Gasteiger partial charge on any atom is 0.323 e. The highest BCUT2D eigenvalue weighted by Crippen LogP contribution is 2.21. The van der Waals surface area contributed by atoms with Gasteiger partial charge in [-0.15, -0.1) is 0 Å². The van der Waals surface area contributed by atoms with Gasteiger partial charge < -0.3 is 9.67 Å². The van der Waals surface area contributed by atoms with Crippen molar-refractivity contribution >= 4 is 23.5 Å². The number of rotatable bonds is 5. The zero-order valence-electron chi connectivity index (χ0n) is 13.2. The summed E-state index contributed by atoms with van der Waals surface area (Å²) < 4.78 is 1.53. The smallest absolute Gasteiger partial charge is 0.323 e. The van der Waals surface area contributed by atoms with Gasteiger partial charge in [-0.05, 0) is 19.1 Å². The van der Waals surface area contributed by atoms with Crippen molar-refractivity contribution in [2.24, 2.45) is 7.05 Å². The third-order valence-electron chi connectivity index (χ3n) is 3.59. The molecule has 6 heteroatoms. The third-order valence-corrected chi connectivity index (χ3v) is 3.59. The number of aliphatic carboxylic acids is 1.